The van der Waals surface area contributed by atoms with Crippen LogP contribution in [0.5, 0.6) is 0 Å². The summed E-state index contributed by atoms with van der Waals surface area (Å²) in [4.78, 5) is 11.8. The molecule has 32 heavy (non-hydrogen) atoms. The van der Waals surface area contributed by atoms with Crippen LogP contribution in [0.4, 0.5) is 24.7 Å². The van der Waals surface area contributed by atoms with Crippen molar-refractivity contribution in [2.75, 3.05) is 5.73 Å². The van der Waals surface area contributed by atoms with E-state index in [4.69, 9.17) is 16.2 Å². The Labute approximate surface area is 181 Å². The van der Waals surface area contributed by atoms with Gasteiger partial charge in [-0.2, -0.15) is 13.2 Å². The molecule has 1 saturated heterocycles. The van der Waals surface area contributed by atoms with Crippen LogP contribution in [-0.4, -0.2) is 56.0 Å². The number of aliphatic imine (C=N–C) groups is 1. The number of halogens is 3. The zero-order valence-electron chi connectivity index (χ0n) is 17.3. The van der Waals surface area contributed by atoms with E-state index in [1.807, 2.05) is 0 Å². The lowest BCUT2D eigenvalue weighted by molar-refractivity contribution is -0.138. The summed E-state index contributed by atoms with van der Waals surface area (Å²) in [5.74, 6) is 0.0495. The number of nitrogens with two attached hydrogens (primary N) is 2. The van der Waals surface area contributed by atoms with Gasteiger partial charge < -0.3 is 31.5 Å². The van der Waals surface area contributed by atoms with Crippen LogP contribution in [0.15, 0.2) is 29.5 Å². The van der Waals surface area contributed by atoms with Crippen molar-refractivity contribution >= 4 is 17.8 Å². The molecule has 1 aliphatic heterocycles. The molecule has 0 bridgehead atoms. The van der Waals surface area contributed by atoms with Gasteiger partial charge in [-0.05, 0) is 31.0 Å². The van der Waals surface area contributed by atoms with E-state index in [0.717, 1.165) is 18.5 Å². The third-order valence-electron chi connectivity index (χ3n) is 5.56. The quantitative estimate of drug-likeness (QED) is 0.329. The monoisotopic (exact) mass is 455 g/mol. The summed E-state index contributed by atoms with van der Waals surface area (Å²) in [6.07, 6.45) is -7.70. The second kappa shape index (κ2) is 8.62. The summed E-state index contributed by atoms with van der Waals surface area (Å²) in [5.41, 5.74) is 8.82. The van der Waals surface area contributed by atoms with Gasteiger partial charge >= 0.3 is 6.18 Å². The minimum atomic E-state index is -4.54. The van der Waals surface area contributed by atoms with Crippen LogP contribution in [0, 0.1) is 6.92 Å². The van der Waals surface area contributed by atoms with E-state index in [2.05, 4.69) is 15.0 Å². The van der Waals surface area contributed by atoms with Gasteiger partial charge in [0.1, 0.15) is 35.9 Å². The second-order valence-corrected chi connectivity index (χ2v) is 7.79. The third kappa shape index (κ3) is 4.39. The van der Waals surface area contributed by atoms with Crippen molar-refractivity contribution in [3.8, 4) is 0 Å². The van der Waals surface area contributed by atoms with E-state index in [-0.39, 0.29) is 29.1 Å². The number of hydrogen-bond donors (Lipinski definition) is 5. The number of ether oxygens (including phenoxy) is 1. The maximum absolute atomic E-state index is 13.1. The number of nitrogen functional groups attached to an aromatic ring is 1. The number of rotatable bonds is 5. The molecule has 1 aliphatic rings. The number of alkyl halides is 3. The molecule has 2 aromatic rings. The number of anilines is 1. The number of aryl methyl sites for hydroxylation is 1. The van der Waals surface area contributed by atoms with Gasteiger partial charge in [-0.15, -0.1) is 0 Å². The van der Waals surface area contributed by atoms with Gasteiger partial charge in [-0.1, -0.05) is 12.1 Å². The van der Waals surface area contributed by atoms with Crippen LogP contribution in [-0.2, 0) is 22.9 Å². The lowest BCUT2D eigenvalue weighted by Gasteiger charge is -2.32. The number of benzene rings is 1. The summed E-state index contributed by atoms with van der Waals surface area (Å²) < 4.78 is 45.0. The number of aliphatic hydroxyl groups excluding tert-OH is 2. The first kappa shape index (κ1) is 23.9. The lowest BCUT2D eigenvalue weighted by Crippen LogP contribution is -2.45. The Balaban J connectivity index is 1.88. The zero-order chi connectivity index (χ0) is 23.8. The molecule has 1 aromatic carbocycles. The van der Waals surface area contributed by atoms with Gasteiger partial charge in [0.2, 0.25) is 0 Å². The number of nitrogens with zero attached hydrogens (tertiary/aromatic N) is 3. The molecule has 2 heterocycles. The Bertz CT molecular complexity index is 1020. The van der Waals surface area contributed by atoms with Crippen LogP contribution in [0.2, 0.25) is 0 Å². The Morgan fingerprint density at radius 2 is 1.91 bits per heavy atom. The van der Waals surface area contributed by atoms with Crippen molar-refractivity contribution in [3.05, 3.63) is 46.9 Å². The van der Waals surface area contributed by atoms with E-state index in [1.165, 1.54) is 26.2 Å². The molecule has 1 fully saturated rings. The minimum Gasteiger partial charge on any atom is -0.390 e. The van der Waals surface area contributed by atoms with Crippen LogP contribution < -0.4 is 11.5 Å². The predicted molar refractivity (Wildman–Crippen MR) is 109 cm³/mol. The normalized spacial score (nSPS) is 25.9. The first-order chi connectivity index (χ1) is 14.9. The molecule has 7 N–H and O–H groups in total. The van der Waals surface area contributed by atoms with Gasteiger partial charge in [0, 0.05) is 6.42 Å². The SMILES string of the molecule is Cc1cc([C@@](C)(O)[C@H]2O[C@@H](Cc3ncnc(N)c3/N=C\N)[C@H](O)[C@@H]2O)ccc1C(F)(F)F. The molecule has 3 rings (SSSR count). The number of aliphatic hydroxyl groups is 3. The van der Waals surface area contributed by atoms with Crippen molar-refractivity contribution in [3.63, 3.8) is 0 Å². The first-order valence-corrected chi connectivity index (χ1v) is 9.63. The van der Waals surface area contributed by atoms with E-state index < -0.39 is 41.8 Å². The van der Waals surface area contributed by atoms with Crippen LogP contribution in [0.1, 0.15) is 29.3 Å². The molecule has 5 atom stereocenters. The fourth-order valence-corrected chi connectivity index (χ4v) is 3.83. The summed E-state index contributed by atoms with van der Waals surface area (Å²) >= 11 is 0. The van der Waals surface area contributed by atoms with Gasteiger partial charge in [0.15, 0.2) is 5.82 Å². The van der Waals surface area contributed by atoms with Gasteiger partial charge in [-0.3, -0.25) is 0 Å². The smallest absolute Gasteiger partial charge is 0.390 e. The van der Waals surface area contributed by atoms with Crippen LogP contribution in [0.25, 0.3) is 0 Å². The maximum Gasteiger partial charge on any atom is 0.416 e. The Morgan fingerprint density at radius 1 is 1.22 bits per heavy atom. The molecule has 0 aliphatic carbocycles. The summed E-state index contributed by atoms with van der Waals surface area (Å²) in [5, 5.41) is 32.2. The van der Waals surface area contributed by atoms with Crippen molar-refractivity contribution in [1.82, 2.24) is 9.97 Å². The summed E-state index contributed by atoms with van der Waals surface area (Å²) in [6, 6.07) is 3.15. The fraction of sp³-hybridized carbons (Fsp3) is 0.450. The van der Waals surface area contributed by atoms with Crippen molar-refractivity contribution in [1.29, 1.82) is 0 Å². The van der Waals surface area contributed by atoms with E-state index in [1.54, 1.807) is 0 Å². The molecule has 174 valence electrons. The Kier molecular flexibility index (Phi) is 6.43. The third-order valence-corrected chi connectivity index (χ3v) is 5.56. The van der Waals surface area contributed by atoms with Gasteiger partial charge in [0.05, 0.1) is 23.7 Å². The largest absolute Gasteiger partial charge is 0.416 e. The van der Waals surface area contributed by atoms with Crippen molar-refractivity contribution in [2.24, 2.45) is 10.7 Å². The van der Waals surface area contributed by atoms with E-state index >= 15 is 0 Å². The highest BCUT2D eigenvalue weighted by molar-refractivity contribution is 5.68. The minimum absolute atomic E-state index is 0.0454. The first-order valence-electron chi connectivity index (χ1n) is 9.63. The predicted octanol–water partition coefficient (Wildman–Crippen LogP) is 0.944. The summed E-state index contributed by atoms with van der Waals surface area (Å²) in [7, 11) is 0. The van der Waals surface area contributed by atoms with E-state index in [0.29, 0.717) is 5.69 Å². The Hall–Kier alpha value is -2.80. The lowest BCUT2D eigenvalue weighted by atomic mass is 9.85. The summed E-state index contributed by atoms with van der Waals surface area (Å²) in [6.45, 7) is 2.57. The number of aromatic nitrogens is 2. The fourth-order valence-electron chi connectivity index (χ4n) is 3.83. The molecule has 0 unspecified atom stereocenters. The zero-order valence-corrected chi connectivity index (χ0v) is 17.3. The highest BCUT2D eigenvalue weighted by atomic mass is 19.4. The molecule has 12 heteroatoms. The van der Waals surface area contributed by atoms with Crippen molar-refractivity contribution in [2.45, 2.75) is 56.5 Å². The Morgan fingerprint density at radius 3 is 2.50 bits per heavy atom. The molecule has 0 amide bonds. The standard InChI is InChI=1S/C20H24F3N5O4/c1-9-5-10(3-4-11(9)20(21,22)23)19(2,31)17-16(30)15(29)13(32-17)6-12-14(26-7-24)18(25)28-8-27-12/h3-5,7-8,13,15-17,29-31H,6H2,1-2H3,(H2,24,26)(H2,25,27,28)/t13-,15-,16-,17-,19+/m0/s1. The van der Waals surface area contributed by atoms with Crippen LogP contribution in [0.3, 0.4) is 0 Å². The average molecular weight is 455 g/mol. The second-order valence-electron chi connectivity index (χ2n) is 7.79. The van der Waals surface area contributed by atoms with Gasteiger partial charge in [0.25, 0.3) is 0 Å². The molecular weight excluding hydrogens is 431 g/mol. The highest BCUT2D eigenvalue weighted by Gasteiger charge is 2.51. The highest BCUT2D eigenvalue weighted by Crippen LogP contribution is 2.39. The van der Waals surface area contributed by atoms with Crippen molar-refractivity contribution < 1.29 is 33.2 Å². The maximum atomic E-state index is 13.1. The molecule has 0 radical (unpaired) electrons. The molecule has 1 aromatic heterocycles. The van der Waals surface area contributed by atoms with Crippen LogP contribution >= 0.6 is 0 Å². The molecule has 0 spiro atoms. The molecule has 9 nitrogen and oxygen atoms in total. The van der Waals surface area contributed by atoms with E-state index in [9.17, 15) is 28.5 Å². The number of hydrogen-bond acceptors (Lipinski definition) is 8. The topological polar surface area (TPSA) is 160 Å². The molecular formula is C20H24F3N5O4. The van der Waals surface area contributed by atoms with Gasteiger partial charge in [-0.25, -0.2) is 15.0 Å². The average Bonchev–Trinajstić information content (AvgIpc) is 2.98. The molecule has 0 saturated carbocycles.